The van der Waals surface area contributed by atoms with Gasteiger partial charge in [-0.15, -0.1) is 0 Å². The van der Waals surface area contributed by atoms with Crippen LogP contribution in [0.1, 0.15) is 36.7 Å². The number of nitrogens with one attached hydrogen (secondary N) is 2. The highest BCUT2D eigenvalue weighted by Crippen LogP contribution is 2.20. The molecule has 1 rings (SSSR count). The zero-order valence-corrected chi connectivity index (χ0v) is 11.5. The first-order chi connectivity index (χ1) is 8.86. The Kier molecular flexibility index (Phi) is 4.80. The second kappa shape index (κ2) is 6.13. The third kappa shape index (κ3) is 3.64. The number of carbonyl (C=O) groups is 2. The van der Waals surface area contributed by atoms with E-state index in [-0.39, 0.29) is 17.5 Å². The minimum Gasteiger partial charge on any atom is -0.464 e. The van der Waals surface area contributed by atoms with Gasteiger partial charge >= 0.3 is 5.97 Å². The van der Waals surface area contributed by atoms with Gasteiger partial charge < -0.3 is 10.1 Å². The standard InChI is InChI=1S/C14H18N2O3/c1-8(2)16-12-6-5-10(9(3)17)7-11(12)13(15)14(18)19-4/h5-8,15-16H,1-4H3. The minimum absolute atomic E-state index is 0.116. The lowest BCUT2D eigenvalue weighted by Crippen LogP contribution is -2.20. The third-order valence-corrected chi connectivity index (χ3v) is 2.53. The maximum atomic E-state index is 11.5. The van der Waals surface area contributed by atoms with Crippen LogP contribution in [0.3, 0.4) is 0 Å². The molecule has 0 aromatic heterocycles. The number of rotatable bonds is 5. The monoisotopic (exact) mass is 262 g/mol. The zero-order chi connectivity index (χ0) is 14.6. The normalized spacial score (nSPS) is 10.2. The molecule has 0 atom stereocenters. The van der Waals surface area contributed by atoms with Crippen molar-refractivity contribution in [2.24, 2.45) is 0 Å². The van der Waals surface area contributed by atoms with Crippen LogP contribution in [0, 0.1) is 5.41 Å². The fourth-order valence-corrected chi connectivity index (χ4v) is 1.62. The first-order valence-electron chi connectivity index (χ1n) is 5.95. The summed E-state index contributed by atoms with van der Waals surface area (Å²) in [6.07, 6.45) is 0. The number of hydrogen-bond acceptors (Lipinski definition) is 5. The lowest BCUT2D eigenvalue weighted by Gasteiger charge is -2.15. The Morgan fingerprint density at radius 3 is 2.42 bits per heavy atom. The molecule has 0 bridgehead atoms. The molecule has 0 aliphatic heterocycles. The number of anilines is 1. The van der Waals surface area contributed by atoms with Crippen molar-refractivity contribution in [2.75, 3.05) is 12.4 Å². The molecule has 0 fully saturated rings. The molecule has 1 aromatic rings. The fourth-order valence-electron chi connectivity index (χ4n) is 1.62. The molecule has 5 nitrogen and oxygen atoms in total. The van der Waals surface area contributed by atoms with Gasteiger partial charge in [-0.25, -0.2) is 4.79 Å². The van der Waals surface area contributed by atoms with E-state index < -0.39 is 5.97 Å². The van der Waals surface area contributed by atoms with Crippen LogP contribution < -0.4 is 5.32 Å². The van der Waals surface area contributed by atoms with Gasteiger partial charge in [0.25, 0.3) is 0 Å². The van der Waals surface area contributed by atoms with Gasteiger partial charge in [0.1, 0.15) is 5.71 Å². The van der Waals surface area contributed by atoms with Gasteiger partial charge in [-0.3, -0.25) is 10.2 Å². The molecule has 0 aliphatic rings. The smallest absolute Gasteiger partial charge is 0.356 e. The first-order valence-corrected chi connectivity index (χ1v) is 5.95. The van der Waals surface area contributed by atoms with Crippen molar-refractivity contribution in [1.29, 1.82) is 5.41 Å². The summed E-state index contributed by atoms with van der Waals surface area (Å²) in [5.74, 6) is -0.845. The number of benzene rings is 1. The van der Waals surface area contributed by atoms with Gasteiger partial charge in [-0.05, 0) is 39.0 Å². The number of hydrogen-bond donors (Lipinski definition) is 2. The summed E-state index contributed by atoms with van der Waals surface area (Å²) in [5, 5.41) is 11.0. The molecule has 5 heteroatoms. The van der Waals surface area contributed by atoms with Crippen molar-refractivity contribution >= 4 is 23.2 Å². The van der Waals surface area contributed by atoms with Crippen molar-refractivity contribution < 1.29 is 14.3 Å². The molecule has 0 amide bonds. The van der Waals surface area contributed by atoms with Crippen molar-refractivity contribution in [3.8, 4) is 0 Å². The number of methoxy groups -OCH3 is 1. The maximum absolute atomic E-state index is 11.5. The predicted molar refractivity (Wildman–Crippen MR) is 74.0 cm³/mol. The van der Waals surface area contributed by atoms with Gasteiger partial charge in [0.2, 0.25) is 0 Å². The second-order valence-electron chi connectivity index (χ2n) is 4.48. The van der Waals surface area contributed by atoms with E-state index >= 15 is 0 Å². The van der Waals surface area contributed by atoms with E-state index in [1.807, 2.05) is 13.8 Å². The second-order valence-corrected chi connectivity index (χ2v) is 4.48. The number of Topliss-reactive ketones (excluding diaryl/α,β-unsaturated/α-hetero) is 1. The van der Waals surface area contributed by atoms with E-state index in [4.69, 9.17) is 5.41 Å². The summed E-state index contributed by atoms with van der Waals surface area (Å²) >= 11 is 0. The minimum atomic E-state index is -0.729. The van der Waals surface area contributed by atoms with Crippen LogP contribution in [0.2, 0.25) is 0 Å². The van der Waals surface area contributed by atoms with Crippen molar-refractivity contribution in [1.82, 2.24) is 0 Å². The number of carbonyl (C=O) groups excluding carboxylic acids is 2. The summed E-state index contributed by atoms with van der Waals surface area (Å²) < 4.78 is 4.55. The Morgan fingerprint density at radius 1 is 1.32 bits per heavy atom. The van der Waals surface area contributed by atoms with E-state index in [9.17, 15) is 9.59 Å². The van der Waals surface area contributed by atoms with Crippen LogP contribution in [0.25, 0.3) is 0 Å². The van der Waals surface area contributed by atoms with E-state index in [0.29, 0.717) is 16.8 Å². The molecule has 0 unspecified atom stereocenters. The highest BCUT2D eigenvalue weighted by molar-refractivity contribution is 6.43. The number of ketones is 1. The molecule has 2 N–H and O–H groups in total. The van der Waals surface area contributed by atoms with E-state index in [1.165, 1.54) is 20.1 Å². The lowest BCUT2D eigenvalue weighted by atomic mass is 10.0. The molecule has 0 saturated heterocycles. The Hall–Kier alpha value is -2.17. The lowest BCUT2D eigenvalue weighted by molar-refractivity contribution is -0.132. The van der Waals surface area contributed by atoms with Crippen LogP contribution in [0.4, 0.5) is 5.69 Å². The van der Waals surface area contributed by atoms with Gasteiger partial charge in [-0.2, -0.15) is 0 Å². The third-order valence-electron chi connectivity index (χ3n) is 2.53. The van der Waals surface area contributed by atoms with Gasteiger partial charge in [0.05, 0.1) is 7.11 Å². The molecule has 0 heterocycles. The maximum Gasteiger partial charge on any atom is 0.356 e. The predicted octanol–water partition coefficient (Wildman–Crippen LogP) is 2.25. The average Bonchev–Trinajstić information content (AvgIpc) is 2.36. The Balaban J connectivity index is 3.29. The van der Waals surface area contributed by atoms with Crippen LogP contribution >= 0.6 is 0 Å². The van der Waals surface area contributed by atoms with E-state index in [2.05, 4.69) is 10.1 Å². The van der Waals surface area contributed by atoms with Gasteiger partial charge in [0.15, 0.2) is 5.78 Å². The molecule has 0 aliphatic carbocycles. The summed E-state index contributed by atoms with van der Waals surface area (Å²) in [7, 11) is 1.22. The molecule has 19 heavy (non-hydrogen) atoms. The molecular formula is C14H18N2O3. The average molecular weight is 262 g/mol. The van der Waals surface area contributed by atoms with Gasteiger partial charge in [-0.1, -0.05) is 0 Å². The van der Waals surface area contributed by atoms with Crippen LogP contribution in [-0.2, 0) is 9.53 Å². The Morgan fingerprint density at radius 2 is 1.95 bits per heavy atom. The summed E-state index contributed by atoms with van der Waals surface area (Å²) in [5.41, 5.74) is 1.19. The van der Waals surface area contributed by atoms with Crippen molar-refractivity contribution in [2.45, 2.75) is 26.8 Å². The SMILES string of the molecule is COC(=O)C(=N)c1cc(C(C)=O)ccc1NC(C)C. The highest BCUT2D eigenvalue weighted by atomic mass is 16.5. The number of esters is 1. The van der Waals surface area contributed by atoms with Crippen LogP contribution in [0.5, 0.6) is 0 Å². The first kappa shape index (κ1) is 14.9. The molecule has 0 spiro atoms. The van der Waals surface area contributed by atoms with Crippen LogP contribution in [0.15, 0.2) is 18.2 Å². The Bertz CT molecular complexity index is 521. The Labute approximate surface area is 112 Å². The van der Waals surface area contributed by atoms with E-state index in [1.54, 1.807) is 12.1 Å². The zero-order valence-electron chi connectivity index (χ0n) is 11.5. The largest absolute Gasteiger partial charge is 0.464 e. The summed E-state index contributed by atoms with van der Waals surface area (Å²) in [4.78, 5) is 22.9. The topological polar surface area (TPSA) is 79.2 Å². The molecule has 0 radical (unpaired) electrons. The molecule has 102 valence electrons. The molecule has 0 saturated carbocycles. The fraction of sp³-hybridized carbons (Fsp3) is 0.357. The van der Waals surface area contributed by atoms with Crippen molar-refractivity contribution in [3.05, 3.63) is 29.3 Å². The summed E-state index contributed by atoms with van der Waals surface area (Å²) in [6, 6.07) is 5.05. The molecular weight excluding hydrogens is 244 g/mol. The highest BCUT2D eigenvalue weighted by Gasteiger charge is 2.18. The van der Waals surface area contributed by atoms with Crippen molar-refractivity contribution in [3.63, 3.8) is 0 Å². The molecule has 1 aromatic carbocycles. The number of ether oxygens (including phenoxy) is 1. The quantitative estimate of drug-likeness (QED) is 0.484. The van der Waals surface area contributed by atoms with Crippen LogP contribution in [-0.4, -0.2) is 30.6 Å². The van der Waals surface area contributed by atoms with Gasteiger partial charge in [0, 0.05) is 22.9 Å². The van der Waals surface area contributed by atoms with E-state index in [0.717, 1.165) is 0 Å². The summed E-state index contributed by atoms with van der Waals surface area (Å²) in [6.45, 7) is 5.34.